The number of rotatable bonds is 4. The fourth-order valence-corrected chi connectivity index (χ4v) is 1.88. The number of likely N-dealkylation sites (N-methyl/N-ethyl adjacent to an activating group) is 1. The second-order valence-electron chi connectivity index (χ2n) is 5.81. The molecule has 0 saturated heterocycles. The maximum atomic E-state index is 12.9. The van der Waals surface area contributed by atoms with Crippen molar-refractivity contribution in [2.24, 2.45) is 0 Å². The Hall–Kier alpha value is -1.91. The second-order valence-corrected chi connectivity index (χ2v) is 5.81. The normalized spacial score (nSPS) is 12.7. The number of hydrogen-bond donors (Lipinski definition) is 0. The van der Waals surface area contributed by atoms with Gasteiger partial charge in [0.25, 0.3) is 0 Å². The van der Waals surface area contributed by atoms with Crippen LogP contribution in [-0.2, 0) is 4.74 Å². The van der Waals surface area contributed by atoms with E-state index in [1.54, 1.807) is 34.6 Å². The van der Waals surface area contributed by atoms with Crippen LogP contribution in [0.3, 0.4) is 0 Å². The van der Waals surface area contributed by atoms with Crippen LogP contribution in [0.2, 0.25) is 0 Å². The topological polar surface area (TPSA) is 46.6 Å². The number of ether oxygens (including phenoxy) is 1. The first-order chi connectivity index (χ1) is 9.65. The van der Waals surface area contributed by atoms with Crippen molar-refractivity contribution in [1.29, 1.82) is 0 Å². The van der Waals surface area contributed by atoms with Crippen LogP contribution in [0, 0.1) is 5.82 Å². The number of amides is 1. The summed E-state index contributed by atoms with van der Waals surface area (Å²) in [5, 5.41) is 0. The van der Waals surface area contributed by atoms with Crippen molar-refractivity contribution < 1.29 is 18.7 Å². The SMILES string of the molecule is CCN(C(=O)OC(C)(C)C)C(C)C(=O)c1ccc(F)cc1. The molecule has 0 N–H and O–H groups in total. The zero-order valence-corrected chi connectivity index (χ0v) is 13.1. The van der Waals surface area contributed by atoms with Gasteiger partial charge in [0.2, 0.25) is 0 Å². The van der Waals surface area contributed by atoms with Gasteiger partial charge in [-0.2, -0.15) is 0 Å². The van der Waals surface area contributed by atoms with Crippen molar-refractivity contribution in [1.82, 2.24) is 4.90 Å². The molecule has 0 radical (unpaired) electrons. The third-order valence-corrected chi connectivity index (χ3v) is 2.94. The number of carbonyl (C=O) groups is 2. The summed E-state index contributed by atoms with van der Waals surface area (Å²) in [5.74, 6) is -0.651. The lowest BCUT2D eigenvalue weighted by Gasteiger charge is -2.30. The monoisotopic (exact) mass is 295 g/mol. The van der Waals surface area contributed by atoms with Gasteiger partial charge in [0.1, 0.15) is 11.4 Å². The van der Waals surface area contributed by atoms with E-state index < -0.39 is 23.6 Å². The Morgan fingerprint density at radius 3 is 2.19 bits per heavy atom. The van der Waals surface area contributed by atoms with Crippen LogP contribution in [-0.4, -0.2) is 35.0 Å². The molecule has 0 aromatic heterocycles. The van der Waals surface area contributed by atoms with Gasteiger partial charge in [0, 0.05) is 12.1 Å². The lowest BCUT2D eigenvalue weighted by molar-refractivity contribution is 0.0186. The molecule has 1 atom stereocenters. The van der Waals surface area contributed by atoms with E-state index in [-0.39, 0.29) is 5.78 Å². The molecule has 0 aliphatic rings. The molecule has 0 aliphatic heterocycles. The van der Waals surface area contributed by atoms with E-state index in [2.05, 4.69) is 0 Å². The predicted molar refractivity (Wildman–Crippen MR) is 78.8 cm³/mol. The van der Waals surface area contributed by atoms with Gasteiger partial charge in [-0.05, 0) is 58.9 Å². The van der Waals surface area contributed by atoms with Gasteiger partial charge in [0.15, 0.2) is 5.78 Å². The number of hydrogen-bond acceptors (Lipinski definition) is 3. The van der Waals surface area contributed by atoms with E-state index in [1.165, 1.54) is 29.2 Å². The summed E-state index contributed by atoms with van der Waals surface area (Å²) in [4.78, 5) is 25.8. The lowest BCUT2D eigenvalue weighted by atomic mass is 10.0. The minimum atomic E-state index is -0.671. The van der Waals surface area contributed by atoms with E-state index in [0.29, 0.717) is 12.1 Å². The van der Waals surface area contributed by atoms with Crippen LogP contribution >= 0.6 is 0 Å². The highest BCUT2D eigenvalue weighted by Gasteiger charge is 2.29. The summed E-state index contributed by atoms with van der Waals surface area (Å²) in [6, 6.07) is 4.61. The fraction of sp³-hybridized carbons (Fsp3) is 0.500. The van der Waals surface area contributed by atoms with Crippen LogP contribution < -0.4 is 0 Å². The Labute approximate surface area is 124 Å². The molecule has 0 bridgehead atoms. The van der Waals surface area contributed by atoms with Gasteiger partial charge in [0.05, 0.1) is 6.04 Å². The third-order valence-electron chi connectivity index (χ3n) is 2.94. The van der Waals surface area contributed by atoms with Gasteiger partial charge < -0.3 is 4.74 Å². The number of carbonyl (C=O) groups excluding carboxylic acids is 2. The summed E-state index contributed by atoms with van der Waals surface area (Å²) >= 11 is 0. The molecule has 5 heteroatoms. The lowest BCUT2D eigenvalue weighted by Crippen LogP contribution is -2.45. The summed E-state index contributed by atoms with van der Waals surface area (Å²) < 4.78 is 18.2. The minimum Gasteiger partial charge on any atom is -0.444 e. The van der Waals surface area contributed by atoms with Gasteiger partial charge in [-0.15, -0.1) is 0 Å². The maximum Gasteiger partial charge on any atom is 0.410 e. The first-order valence-electron chi connectivity index (χ1n) is 6.95. The Balaban J connectivity index is 2.87. The van der Waals surface area contributed by atoms with E-state index in [4.69, 9.17) is 4.74 Å². The molecule has 4 nitrogen and oxygen atoms in total. The highest BCUT2D eigenvalue weighted by molar-refractivity contribution is 6.01. The predicted octanol–water partition coefficient (Wildman–Crippen LogP) is 3.65. The van der Waals surface area contributed by atoms with Crippen molar-refractivity contribution >= 4 is 11.9 Å². The Morgan fingerprint density at radius 1 is 1.24 bits per heavy atom. The summed E-state index contributed by atoms with van der Waals surface area (Å²) in [7, 11) is 0. The van der Waals surface area contributed by atoms with Crippen molar-refractivity contribution in [3.05, 3.63) is 35.6 Å². The molecular formula is C16H22FNO3. The Bertz CT molecular complexity index is 505. The summed E-state index contributed by atoms with van der Waals surface area (Å²) in [6.45, 7) is 9.07. The van der Waals surface area contributed by atoms with Crippen molar-refractivity contribution in [3.63, 3.8) is 0 Å². The largest absolute Gasteiger partial charge is 0.444 e. The van der Waals surface area contributed by atoms with E-state index in [1.807, 2.05) is 0 Å². The minimum absolute atomic E-state index is 0.247. The highest BCUT2D eigenvalue weighted by Crippen LogP contribution is 2.15. The second kappa shape index (κ2) is 6.70. The summed E-state index contributed by atoms with van der Waals surface area (Å²) in [5.41, 5.74) is -0.255. The van der Waals surface area contributed by atoms with Gasteiger partial charge in [-0.1, -0.05) is 0 Å². The molecule has 1 aromatic rings. The van der Waals surface area contributed by atoms with Crippen LogP contribution in [0.4, 0.5) is 9.18 Å². The smallest absolute Gasteiger partial charge is 0.410 e. The van der Waals surface area contributed by atoms with Crippen LogP contribution in [0.25, 0.3) is 0 Å². The van der Waals surface area contributed by atoms with Crippen molar-refractivity contribution in [2.75, 3.05) is 6.54 Å². The standard InChI is InChI=1S/C16H22FNO3/c1-6-18(15(20)21-16(3,4)5)11(2)14(19)12-7-9-13(17)10-8-12/h7-11H,6H2,1-5H3. The molecule has 21 heavy (non-hydrogen) atoms. The molecule has 1 aromatic carbocycles. The molecule has 116 valence electrons. The highest BCUT2D eigenvalue weighted by atomic mass is 19.1. The third kappa shape index (κ3) is 4.85. The zero-order chi connectivity index (χ0) is 16.2. The van der Waals surface area contributed by atoms with E-state index >= 15 is 0 Å². The average Bonchev–Trinajstić information content (AvgIpc) is 2.37. The molecular weight excluding hydrogens is 273 g/mol. The van der Waals surface area contributed by atoms with Gasteiger partial charge in [-0.3, -0.25) is 9.69 Å². The van der Waals surface area contributed by atoms with Crippen LogP contribution in [0.5, 0.6) is 0 Å². The number of Topliss-reactive ketones (excluding diaryl/α,β-unsaturated/α-hetero) is 1. The van der Waals surface area contributed by atoms with Crippen molar-refractivity contribution in [2.45, 2.75) is 46.3 Å². The van der Waals surface area contributed by atoms with Gasteiger partial charge >= 0.3 is 6.09 Å². The molecule has 0 heterocycles. The molecule has 1 amide bonds. The zero-order valence-electron chi connectivity index (χ0n) is 13.1. The first-order valence-corrected chi connectivity index (χ1v) is 6.95. The molecule has 0 saturated carbocycles. The van der Waals surface area contributed by atoms with Crippen molar-refractivity contribution in [3.8, 4) is 0 Å². The molecule has 0 spiro atoms. The molecule has 0 aliphatic carbocycles. The molecule has 0 fully saturated rings. The molecule has 1 unspecified atom stereocenters. The average molecular weight is 295 g/mol. The van der Waals surface area contributed by atoms with Gasteiger partial charge in [-0.25, -0.2) is 9.18 Å². The summed E-state index contributed by atoms with van der Waals surface area (Å²) in [6.07, 6.45) is -0.534. The number of benzene rings is 1. The van der Waals surface area contributed by atoms with Crippen LogP contribution in [0.1, 0.15) is 45.0 Å². The van der Waals surface area contributed by atoms with Crippen LogP contribution in [0.15, 0.2) is 24.3 Å². The number of ketones is 1. The maximum absolute atomic E-state index is 12.9. The first kappa shape index (κ1) is 17.1. The fourth-order valence-electron chi connectivity index (χ4n) is 1.88. The van der Waals surface area contributed by atoms with E-state index in [9.17, 15) is 14.0 Å². The Morgan fingerprint density at radius 2 is 1.76 bits per heavy atom. The molecule has 1 rings (SSSR count). The Kier molecular flexibility index (Phi) is 5.47. The number of halogens is 1. The quantitative estimate of drug-likeness (QED) is 0.796. The van der Waals surface area contributed by atoms with E-state index in [0.717, 1.165) is 0 Å². The number of nitrogens with zero attached hydrogens (tertiary/aromatic N) is 1.